The second kappa shape index (κ2) is 7.36. The fourth-order valence-corrected chi connectivity index (χ4v) is 2.11. The van der Waals surface area contributed by atoms with Crippen LogP contribution in [-0.2, 0) is 4.79 Å². The van der Waals surface area contributed by atoms with Crippen LogP contribution in [-0.4, -0.2) is 24.1 Å². The number of amides is 1. The summed E-state index contributed by atoms with van der Waals surface area (Å²) in [6.07, 6.45) is 0.923. The van der Waals surface area contributed by atoms with Crippen LogP contribution in [0.15, 0.2) is 18.2 Å². The fourth-order valence-electron chi connectivity index (χ4n) is 2.11. The Balaban J connectivity index is 2.52. The number of carbonyl (C=O) groups excluding carboxylic acids is 1. The van der Waals surface area contributed by atoms with E-state index in [0.29, 0.717) is 12.8 Å². The fraction of sp³-hybridized carbons (Fsp3) is 0.533. The number of benzene rings is 1. The maximum absolute atomic E-state index is 13.4. The van der Waals surface area contributed by atoms with Crippen molar-refractivity contribution in [2.45, 2.75) is 45.2 Å². The molecule has 1 aromatic rings. The molecule has 6 heteroatoms. The average Bonchev–Trinajstić information content (AvgIpc) is 2.38. The van der Waals surface area contributed by atoms with Gasteiger partial charge in [-0.15, -0.1) is 0 Å². The maximum Gasteiger partial charge on any atom is 0.237 e. The smallest absolute Gasteiger partial charge is 0.237 e. The van der Waals surface area contributed by atoms with E-state index in [1.165, 1.54) is 12.1 Å². The first kappa shape index (κ1) is 17.4. The van der Waals surface area contributed by atoms with E-state index in [1.54, 1.807) is 6.92 Å². The van der Waals surface area contributed by atoms with Crippen LogP contribution in [0.5, 0.6) is 5.75 Å². The normalized spacial score (nSPS) is 14.0. The maximum atomic E-state index is 13.4. The second-order valence-electron chi connectivity index (χ2n) is 5.50. The van der Waals surface area contributed by atoms with Crippen molar-refractivity contribution in [3.05, 3.63) is 29.8 Å². The monoisotopic (exact) mass is 300 g/mol. The van der Waals surface area contributed by atoms with Crippen molar-refractivity contribution in [1.82, 2.24) is 5.32 Å². The lowest BCUT2D eigenvalue weighted by atomic mass is 9.94. The van der Waals surface area contributed by atoms with Crippen molar-refractivity contribution in [2.24, 2.45) is 5.73 Å². The van der Waals surface area contributed by atoms with Crippen LogP contribution in [0.2, 0.25) is 0 Å². The predicted octanol–water partition coefficient (Wildman–Crippen LogP) is 2.37. The molecule has 0 aliphatic carbocycles. The van der Waals surface area contributed by atoms with Gasteiger partial charge in [0.15, 0.2) is 11.6 Å². The zero-order valence-corrected chi connectivity index (χ0v) is 12.6. The van der Waals surface area contributed by atoms with E-state index in [-0.39, 0.29) is 18.4 Å². The Morgan fingerprint density at radius 1 is 1.43 bits per heavy atom. The summed E-state index contributed by atoms with van der Waals surface area (Å²) < 4.78 is 31.6. The number of ether oxygens (including phenoxy) is 1. The highest BCUT2D eigenvalue weighted by Crippen LogP contribution is 2.20. The minimum Gasteiger partial charge on any atom is -0.490 e. The quantitative estimate of drug-likeness (QED) is 0.724. The molecule has 0 saturated heterocycles. The number of hydrogen-bond acceptors (Lipinski definition) is 3. The zero-order valence-electron chi connectivity index (χ0n) is 12.6. The average molecular weight is 300 g/mol. The van der Waals surface area contributed by atoms with Crippen molar-refractivity contribution < 1.29 is 18.3 Å². The van der Waals surface area contributed by atoms with Gasteiger partial charge in [0, 0.05) is 6.04 Å². The Kier molecular flexibility index (Phi) is 6.08. The molecule has 0 bridgehead atoms. The Morgan fingerprint density at radius 3 is 2.67 bits per heavy atom. The first-order chi connectivity index (χ1) is 9.76. The molecule has 0 heterocycles. The first-order valence-corrected chi connectivity index (χ1v) is 6.90. The summed E-state index contributed by atoms with van der Waals surface area (Å²) in [4.78, 5) is 11.5. The van der Waals surface area contributed by atoms with Gasteiger partial charge in [-0.25, -0.2) is 4.39 Å². The van der Waals surface area contributed by atoms with Gasteiger partial charge in [-0.2, -0.15) is 4.39 Å². The molecular formula is C15H22F2N2O2. The van der Waals surface area contributed by atoms with E-state index in [4.69, 9.17) is 10.5 Å². The molecule has 3 N–H and O–H groups in total. The minimum absolute atomic E-state index is 0.101. The van der Waals surface area contributed by atoms with Gasteiger partial charge in [-0.1, -0.05) is 6.07 Å². The molecule has 1 rings (SSSR count). The molecule has 118 valence electrons. The Labute approximate surface area is 123 Å². The first-order valence-electron chi connectivity index (χ1n) is 6.90. The molecule has 0 aliphatic heterocycles. The number of rotatable bonds is 8. The van der Waals surface area contributed by atoms with Crippen molar-refractivity contribution in [3.8, 4) is 5.75 Å². The van der Waals surface area contributed by atoms with Gasteiger partial charge in [0.2, 0.25) is 11.7 Å². The molecule has 0 fully saturated rings. The molecule has 0 aromatic heterocycles. The minimum atomic E-state index is -1.00. The standard InChI is InChI=1S/C15H22F2N2O2/c1-10(2)19-15(3,14(18)20)8-5-9-21-12-7-4-6-11(16)13(12)17/h4,6-7,10,19H,5,8-9H2,1-3H3,(H2,18,20). The second-order valence-corrected chi connectivity index (χ2v) is 5.50. The van der Waals surface area contributed by atoms with Gasteiger partial charge in [-0.3, -0.25) is 4.79 Å². The van der Waals surface area contributed by atoms with Crippen molar-refractivity contribution in [2.75, 3.05) is 6.61 Å². The summed E-state index contributed by atoms with van der Waals surface area (Å²) >= 11 is 0. The Hall–Kier alpha value is -1.69. The molecule has 1 atom stereocenters. The van der Waals surface area contributed by atoms with Crippen LogP contribution < -0.4 is 15.8 Å². The summed E-state index contributed by atoms with van der Waals surface area (Å²) in [5.41, 5.74) is 4.56. The highest BCUT2D eigenvalue weighted by Gasteiger charge is 2.30. The third kappa shape index (κ3) is 4.97. The lowest BCUT2D eigenvalue weighted by molar-refractivity contribution is -0.124. The van der Waals surface area contributed by atoms with Gasteiger partial charge >= 0.3 is 0 Å². The van der Waals surface area contributed by atoms with Crippen LogP contribution in [0.25, 0.3) is 0 Å². The topological polar surface area (TPSA) is 64.3 Å². The lowest BCUT2D eigenvalue weighted by Gasteiger charge is -2.29. The molecule has 4 nitrogen and oxygen atoms in total. The molecular weight excluding hydrogens is 278 g/mol. The zero-order chi connectivity index (χ0) is 16.0. The molecule has 0 radical (unpaired) electrons. The van der Waals surface area contributed by atoms with Crippen LogP contribution in [0, 0.1) is 11.6 Å². The number of primary amides is 1. The van der Waals surface area contributed by atoms with E-state index in [1.807, 2.05) is 13.8 Å². The van der Waals surface area contributed by atoms with E-state index in [2.05, 4.69) is 5.32 Å². The van der Waals surface area contributed by atoms with E-state index >= 15 is 0 Å². The SMILES string of the molecule is CC(C)NC(C)(CCCOc1cccc(F)c1F)C(N)=O. The van der Waals surface area contributed by atoms with Crippen molar-refractivity contribution in [3.63, 3.8) is 0 Å². The number of carbonyl (C=O) groups is 1. The van der Waals surface area contributed by atoms with Crippen LogP contribution in [0.4, 0.5) is 8.78 Å². The number of halogens is 2. The summed E-state index contributed by atoms with van der Waals surface area (Å²) in [6.45, 7) is 5.72. The van der Waals surface area contributed by atoms with E-state index < -0.39 is 23.1 Å². The third-order valence-corrected chi connectivity index (χ3v) is 3.15. The van der Waals surface area contributed by atoms with E-state index in [0.717, 1.165) is 6.07 Å². The largest absolute Gasteiger partial charge is 0.490 e. The molecule has 1 aromatic carbocycles. The highest BCUT2D eigenvalue weighted by molar-refractivity contribution is 5.84. The molecule has 0 spiro atoms. The number of nitrogens with one attached hydrogen (secondary N) is 1. The summed E-state index contributed by atoms with van der Waals surface area (Å²) in [5, 5.41) is 3.11. The van der Waals surface area contributed by atoms with Crippen molar-refractivity contribution >= 4 is 5.91 Å². The third-order valence-electron chi connectivity index (χ3n) is 3.15. The van der Waals surface area contributed by atoms with E-state index in [9.17, 15) is 13.6 Å². The Bertz CT molecular complexity index is 495. The van der Waals surface area contributed by atoms with Crippen LogP contribution in [0.1, 0.15) is 33.6 Å². The number of hydrogen-bond donors (Lipinski definition) is 2. The summed E-state index contributed by atoms with van der Waals surface area (Å²) in [5.74, 6) is -2.54. The van der Waals surface area contributed by atoms with Gasteiger partial charge < -0.3 is 15.8 Å². The number of nitrogens with two attached hydrogens (primary N) is 1. The molecule has 21 heavy (non-hydrogen) atoms. The lowest BCUT2D eigenvalue weighted by Crippen LogP contribution is -2.55. The van der Waals surface area contributed by atoms with Gasteiger partial charge in [0.25, 0.3) is 0 Å². The molecule has 1 amide bonds. The summed E-state index contributed by atoms with van der Waals surface area (Å²) in [6, 6.07) is 3.86. The summed E-state index contributed by atoms with van der Waals surface area (Å²) in [7, 11) is 0. The van der Waals surface area contributed by atoms with Gasteiger partial charge in [-0.05, 0) is 45.7 Å². The predicted molar refractivity (Wildman–Crippen MR) is 77.0 cm³/mol. The molecule has 0 saturated carbocycles. The van der Waals surface area contributed by atoms with Crippen LogP contribution >= 0.6 is 0 Å². The van der Waals surface area contributed by atoms with Gasteiger partial charge in [0.05, 0.1) is 12.1 Å². The Morgan fingerprint density at radius 2 is 2.10 bits per heavy atom. The molecule has 1 unspecified atom stereocenters. The highest BCUT2D eigenvalue weighted by atomic mass is 19.2. The van der Waals surface area contributed by atoms with Gasteiger partial charge in [0.1, 0.15) is 0 Å². The molecule has 0 aliphatic rings. The van der Waals surface area contributed by atoms with Crippen LogP contribution in [0.3, 0.4) is 0 Å². The van der Waals surface area contributed by atoms with Crippen molar-refractivity contribution in [1.29, 1.82) is 0 Å².